The highest BCUT2D eigenvalue weighted by atomic mass is 35.5. The SMILES string of the molecule is COc1ccc(NC(=O)c2cc(-c3cccc(Cl)c3)n[nH]2)cc1OC. The van der Waals surface area contributed by atoms with Crippen molar-refractivity contribution < 1.29 is 14.3 Å². The third-order valence-corrected chi connectivity index (χ3v) is 3.82. The molecule has 128 valence electrons. The first kappa shape index (κ1) is 16.9. The molecule has 0 aliphatic carbocycles. The largest absolute Gasteiger partial charge is 0.493 e. The zero-order chi connectivity index (χ0) is 17.8. The summed E-state index contributed by atoms with van der Waals surface area (Å²) in [6.45, 7) is 0. The van der Waals surface area contributed by atoms with Gasteiger partial charge in [0.25, 0.3) is 5.91 Å². The normalized spacial score (nSPS) is 10.4. The number of anilines is 1. The Kier molecular flexibility index (Phi) is 4.90. The van der Waals surface area contributed by atoms with Crippen molar-refractivity contribution in [2.24, 2.45) is 0 Å². The minimum atomic E-state index is -0.312. The van der Waals surface area contributed by atoms with Crippen molar-refractivity contribution in [2.45, 2.75) is 0 Å². The quantitative estimate of drug-likeness (QED) is 0.723. The number of nitrogens with one attached hydrogen (secondary N) is 2. The van der Waals surface area contributed by atoms with Crippen LogP contribution in [-0.2, 0) is 0 Å². The number of hydrogen-bond donors (Lipinski definition) is 2. The van der Waals surface area contributed by atoms with Gasteiger partial charge in [-0.3, -0.25) is 9.89 Å². The average Bonchev–Trinajstić information content (AvgIpc) is 3.12. The molecule has 25 heavy (non-hydrogen) atoms. The fraction of sp³-hybridized carbons (Fsp3) is 0.111. The summed E-state index contributed by atoms with van der Waals surface area (Å²) >= 11 is 5.99. The van der Waals surface area contributed by atoms with Crippen LogP contribution in [-0.4, -0.2) is 30.3 Å². The molecule has 2 aromatic carbocycles. The van der Waals surface area contributed by atoms with E-state index in [0.717, 1.165) is 5.56 Å². The van der Waals surface area contributed by atoms with Gasteiger partial charge in [-0.1, -0.05) is 23.7 Å². The predicted molar refractivity (Wildman–Crippen MR) is 96.5 cm³/mol. The number of aromatic amines is 1. The van der Waals surface area contributed by atoms with Crippen LogP contribution in [0.4, 0.5) is 5.69 Å². The molecule has 0 spiro atoms. The Morgan fingerprint density at radius 3 is 2.60 bits per heavy atom. The second-order valence-electron chi connectivity index (χ2n) is 5.20. The second-order valence-corrected chi connectivity index (χ2v) is 5.64. The van der Waals surface area contributed by atoms with Gasteiger partial charge in [0.1, 0.15) is 5.69 Å². The number of hydrogen-bond acceptors (Lipinski definition) is 4. The van der Waals surface area contributed by atoms with E-state index in [0.29, 0.717) is 33.6 Å². The van der Waals surface area contributed by atoms with Crippen molar-refractivity contribution in [1.29, 1.82) is 0 Å². The maximum absolute atomic E-state index is 12.4. The lowest BCUT2D eigenvalue weighted by molar-refractivity contribution is 0.102. The first-order chi connectivity index (χ1) is 12.1. The standard InChI is InChI=1S/C18H16ClN3O3/c1-24-16-7-6-13(9-17(16)25-2)20-18(23)15-10-14(21-22-15)11-4-3-5-12(19)8-11/h3-10H,1-2H3,(H,20,23)(H,21,22). The van der Waals surface area contributed by atoms with Crippen LogP contribution in [0.15, 0.2) is 48.5 Å². The van der Waals surface area contributed by atoms with E-state index in [2.05, 4.69) is 15.5 Å². The van der Waals surface area contributed by atoms with Crippen molar-refractivity contribution >= 4 is 23.2 Å². The van der Waals surface area contributed by atoms with E-state index >= 15 is 0 Å². The van der Waals surface area contributed by atoms with E-state index in [4.69, 9.17) is 21.1 Å². The van der Waals surface area contributed by atoms with E-state index in [-0.39, 0.29) is 5.91 Å². The Labute approximate surface area is 149 Å². The zero-order valence-corrected chi connectivity index (χ0v) is 14.4. The number of benzene rings is 2. The minimum Gasteiger partial charge on any atom is -0.493 e. The lowest BCUT2D eigenvalue weighted by atomic mass is 10.1. The molecule has 0 bridgehead atoms. The average molecular weight is 358 g/mol. The van der Waals surface area contributed by atoms with Gasteiger partial charge in [-0.25, -0.2) is 0 Å². The van der Waals surface area contributed by atoms with E-state index < -0.39 is 0 Å². The fourth-order valence-electron chi connectivity index (χ4n) is 2.35. The third-order valence-electron chi connectivity index (χ3n) is 3.58. The molecule has 3 rings (SSSR count). The Hall–Kier alpha value is -2.99. The molecule has 1 amide bonds. The van der Waals surface area contributed by atoms with Crippen LogP contribution in [0.25, 0.3) is 11.3 Å². The van der Waals surface area contributed by atoms with Gasteiger partial charge in [-0.15, -0.1) is 0 Å². The number of rotatable bonds is 5. The van der Waals surface area contributed by atoms with E-state index in [1.54, 1.807) is 43.5 Å². The summed E-state index contributed by atoms with van der Waals surface area (Å²) in [4.78, 5) is 12.4. The molecule has 0 fully saturated rings. The molecular formula is C18H16ClN3O3. The number of aromatic nitrogens is 2. The molecule has 1 heterocycles. The molecule has 0 saturated carbocycles. The van der Waals surface area contributed by atoms with Crippen LogP contribution in [0.3, 0.4) is 0 Å². The summed E-state index contributed by atoms with van der Waals surface area (Å²) in [6, 6.07) is 14.1. The van der Waals surface area contributed by atoms with Gasteiger partial charge in [-0.05, 0) is 30.3 Å². The smallest absolute Gasteiger partial charge is 0.273 e. The molecule has 0 unspecified atom stereocenters. The van der Waals surface area contributed by atoms with Crippen molar-refractivity contribution in [3.05, 3.63) is 59.2 Å². The van der Waals surface area contributed by atoms with Crippen LogP contribution in [0, 0.1) is 0 Å². The first-order valence-corrected chi connectivity index (χ1v) is 7.83. The second kappa shape index (κ2) is 7.27. The van der Waals surface area contributed by atoms with Crippen LogP contribution in [0.2, 0.25) is 5.02 Å². The lowest BCUT2D eigenvalue weighted by Gasteiger charge is -2.10. The van der Waals surface area contributed by atoms with Gasteiger partial charge in [0.15, 0.2) is 11.5 Å². The fourth-order valence-corrected chi connectivity index (χ4v) is 2.54. The number of nitrogens with zero attached hydrogens (tertiary/aromatic N) is 1. The molecule has 2 N–H and O–H groups in total. The summed E-state index contributed by atoms with van der Waals surface area (Å²) in [7, 11) is 3.09. The minimum absolute atomic E-state index is 0.312. The maximum Gasteiger partial charge on any atom is 0.273 e. The molecule has 0 atom stereocenters. The number of carbonyl (C=O) groups excluding carboxylic acids is 1. The van der Waals surface area contributed by atoms with Crippen LogP contribution in [0.1, 0.15) is 10.5 Å². The Morgan fingerprint density at radius 2 is 1.88 bits per heavy atom. The summed E-state index contributed by atoms with van der Waals surface area (Å²) in [5, 5.41) is 10.3. The summed E-state index contributed by atoms with van der Waals surface area (Å²) in [5.74, 6) is 0.808. The Morgan fingerprint density at radius 1 is 1.08 bits per heavy atom. The highest BCUT2D eigenvalue weighted by molar-refractivity contribution is 6.30. The lowest BCUT2D eigenvalue weighted by Crippen LogP contribution is -2.12. The van der Waals surface area contributed by atoms with Gasteiger partial charge >= 0.3 is 0 Å². The van der Waals surface area contributed by atoms with Gasteiger partial charge in [-0.2, -0.15) is 5.10 Å². The van der Waals surface area contributed by atoms with Crippen molar-refractivity contribution in [3.63, 3.8) is 0 Å². The third kappa shape index (κ3) is 3.75. The molecule has 1 aromatic heterocycles. The molecule has 3 aromatic rings. The Balaban J connectivity index is 1.78. The van der Waals surface area contributed by atoms with Gasteiger partial charge in [0, 0.05) is 22.3 Å². The monoisotopic (exact) mass is 357 g/mol. The van der Waals surface area contributed by atoms with Gasteiger partial charge in [0.2, 0.25) is 0 Å². The van der Waals surface area contributed by atoms with E-state index in [9.17, 15) is 4.79 Å². The van der Waals surface area contributed by atoms with Crippen LogP contribution in [0.5, 0.6) is 11.5 Å². The number of carbonyl (C=O) groups is 1. The van der Waals surface area contributed by atoms with Gasteiger partial charge in [0.05, 0.1) is 19.9 Å². The topological polar surface area (TPSA) is 76.2 Å². The number of methoxy groups -OCH3 is 2. The van der Waals surface area contributed by atoms with Crippen LogP contribution >= 0.6 is 11.6 Å². The first-order valence-electron chi connectivity index (χ1n) is 7.45. The van der Waals surface area contributed by atoms with E-state index in [1.807, 2.05) is 12.1 Å². The Bertz CT molecular complexity index is 908. The van der Waals surface area contributed by atoms with E-state index in [1.165, 1.54) is 7.11 Å². The van der Waals surface area contributed by atoms with Crippen LogP contribution < -0.4 is 14.8 Å². The van der Waals surface area contributed by atoms with Gasteiger partial charge < -0.3 is 14.8 Å². The molecular weight excluding hydrogens is 342 g/mol. The molecule has 0 saturated heterocycles. The summed E-state index contributed by atoms with van der Waals surface area (Å²) < 4.78 is 10.4. The summed E-state index contributed by atoms with van der Waals surface area (Å²) in [6.07, 6.45) is 0. The van der Waals surface area contributed by atoms with Crippen molar-refractivity contribution in [3.8, 4) is 22.8 Å². The maximum atomic E-state index is 12.4. The highest BCUT2D eigenvalue weighted by Gasteiger charge is 2.13. The number of halogens is 1. The number of ether oxygens (including phenoxy) is 2. The van der Waals surface area contributed by atoms with Crippen molar-refractivity contribution in [2.75, 3.05) is 19.5 Å². The summed E-state index contributed by atoms with van der Waals surface area (Å²) in [5.41, 5.74) is 2.39. The molecule has 6 nitrogen and oxygen atoms in total. The number of H-pyrrole nitrogens is 1. The zero-order valence-electron chi connectivity index (χ0n) is 13.7. The number of amides is 1. The van der Waals surface area contributed by atoms with Crippen molar-refractivity contribution in [1.82, 2.24) is 10.2 Å². The molecule has 7 heteroatoms. The molecule has 0 radical (unpaired) electrons. The highest BCUT2D eigenvalue weighted by Crippen LogP contribution is 2.30. The predicted octanol–water partition coefficient (Wildman–Crippen LogP) is 4.00. The molecule has 0 aliphatic heterocycles. The molecule has 0 aliphatic rings.